The largest absolute Gasteiger partial charge is 0.435 e. The number of imidazole rings is 1. The number of fused-ring (bicyclic) bond motifs is 1. The van der Waals surface area contributed by atoms with E-state index in [1.807, 2.05) is 10.8 Å². The predicted molar refractivity (Wildman–Crippen MR) is 127 cm³/mol. The van der Waals surface area contributed by atoms with E-state index in [0.29, 0.717) is 25.1 Å². The summed E-state index contributed by atoms with van der Waals surface area (Å²) in [5, 5.41) is 8.80. The van der Waals surface area contributed by atoms with Crippen molar-refractivity contribution in [2.24, 2.45) is 5.92 Å². The van der Waals surface area contributed by atoms with Gasteiger partial charge in [-0.1, -0.05) is 39.0 Å². The second kappa shape index (κ2) is 9.79. The Morgan fingerprint density at radius 1 is 1.06 bits per heavy atom. The standard InChI is InChI=1S/C25H29F3N6O2/c1-24(2,3)19-15-33-13-16(9-10-20(33)31-19)22(35)29-11-12-30-23(36)18-14-34(17-7-5-4-6-8-17)32-21(18)25(26,27)28/h4-8,14-16H,9-13H2,1-3H3,(H,29,35)(H,30,36). The first-order valence-electron chi connectivity index (χ1n) is 11.8. The van der Waals surface area contributed by atoms with E-state index in [2.05, 4.69) is 41.5 Å². The fraction of sp³-hybridized carbons (Fsp3) is 0.440. The molecule has 36 heavy (non-hydrogen) atoms. The highest BCUT2D eigenvalue weighted by molar-refractivity contribution is 5.95. The van der Waals surface area contributed by atoms with Crippen LogP contribution in [0.5, 0.6) is 0 Å². The van der Waals surface area contributed by atoms with Gasteiger partial charge in [0.15, 0.2) is 5.69 Å². The van der Waals surface area contributed by atoms with E-state index in [-0.39, 0.29) is 30.3 Å². The number of carbonyl (C=O) groups excluding carboxylic acids is 2. The Balaban J connectivity index is 1.32. The van der Waals surface area contributed by atoms with Crippen LogP contribution in [0.25, 0.3) is 5.69 Å². The van der Waals surface area contributed by atoms with Crippen LogP contribution in [0.4, 0.5) is 13.2 Å². The van der Waals surface area contributed by atoms with E-state index in [9.17, 15) is 22.8 Å². The normalized spacial score (nSPS) is 15.9. The van der Waals surface area contributed by atoms with Crippen molar-refractivity contribution in [2.45, 2.75) is 51.7 Å². The third-order valence-electron chi connectivity index (χ3n) is 6.09. The summed E-state index contributed by atoms with van der Waals surface area (Å²) in [6, 6.07) is 8.23. The molecule has 3 heterocycles. The summed E-state index contributed by atoms with van der Waals surface area (Å²) in [6.45, 7) is 6.86. The lowest BCUT2D eigenvalue weighted by molar-refractivity contribution is -0.141. The molecule has 0 radical (unpaired) electrons. The molecule has 192 valence electrons. The van der Waals surface area contributed by atoms with Gasteiger partial charge in [-0.2, -0.15) is 18.3 Å². The lowest BCUT2D eigenvalue weighted by atomic mass is 9.93. The summed E-state index contributed by atoms with van der Waals surface area (Å²) in [5.41, 5.74) is -0.537. The smallest absolute Gasteiger partial charge is 0.354 e. The molecule has 4 rings (SSSR count). The zero-order valence-electron chi connectivity index (χ0n) is 20.4. The van der Waals surface area contributed by atoms with Gasteiger partial charge in [-0.3, -0.25) is 9.59 Å². The molecule has 0 aliphatic carbocycles. The SMILES string of the molecule is CC(C)(C)c1cn2c(n1)CCC(C(=O)NCCNC(=O)c1cn(-c3ccccc3)nc1C(F)(F)F)C2. The molecule has 1 aliphatic rings. The molecular weight excluding hydrogens is 473 g/mol. The number of nitrogens with zero attached hydrogens (tertiary/aromatic N) is 4. The highest BCUT2D eigenvalue weighted by atomic mass is 19.4. The van der Waals surface area contributed by atoms with Gasteiger partial charge < -0.3 is 15.2 Å². The quantitative estimate of drug-likeness (QED) is 0.505. The van der Waals surface area contributed by atoms with Crippen LogP contribution in [0.2, 0.25) is 0 Å². The predicted octanol–water partition coefficient (Wildman–Crippen LogP) is 3.49. The molecule has 1 unspecified atom stereocenters. The van der Waals surface area contributed by atoms with Crippen molar-refractivity contribution >= 4 is 11.8 Å². The van der Waals surface area contributed by atoms with Crippen LogP contribution in [0.1, 0.15) is 54.8 Å². The number of carbonyl (C=O) groups is 2. The van der Waals surface area contributed by atoms with E-state index in [1.54, 1.807) is 30.3 Å². The molecule has 0 saturated heterocycles. The topological polar surface area (TPSA) is 93.8 Å². The lowest BCUT2D eigenvalue weighted by Gasteiger charge is -2.23. The first-order valence-corrected chi connectivity index (χ1v) is 11.8. The Morgan fingerprint density at radius 2 is 1.75 bits per heavy atom. The first kappa shape index (κ1) is 25.5. The van der Waals surface area contributed by atoms with Gasteiger partial charge in [0.2, 0.25) is 5.91 Å². The maximum Gasteiger partial charge on any atom is 0.435 e. The monoisotopic (exact) mass is 502 g/mol. The van der Waals surface area contributed by atoms with E-state index in [1.165, 1.54) is 0 Å². The zero-order chi connectivity index (χ0) is 26.1. The van der Waals surface area contributed by atoms with Crippen LogP contribution in [0, 0.1) is 5.92 Å². The number of halogens is 3. The number of aryl methyl sites for hydroxylation is 1. The molecule has 2 N–H and O–H groups in total. The molecule has 1 aliphatic heterocycles. The highest BCUT2D eigenvalue weighted by Gasteiger charge is 2.39. The molecule has 2 aromatic heterocycles. The van der Waals surface area contributed by atoms with E-state index in [0.717, 1.165) is 22.4 Å². The number of alkyl halides is 3. The molecule has 3 aromatic rings. The summed E-state index contributed by atoms with van der Waals surface area (Å²) in [7, 11) is 0. The number of hydrogen-bond donors (Lipinski definition) is 2. The minimum Gasteiger partial charge on any atom is -0.354 e. The zero-order valence-corrected chi connectivity index (χ0v) is 20.4. The minimum atomic E-state index is -4.79. The summed E-state index contributed by atoms with van der Waals surface area (Å²) in [5.74, 6) is -0.341. The highest BCUT2D eigenvalue weighted by Crippen LogP contribution is 2.31. The summed E-state index contributed by atoms with van der Waals surface area (Å²) in [6.07, 6.45) is -0.394. The molecule has 1 aromatic carbocycles. The van der Waals surface area contributed by atoms with E-state index < -0.39 is 23.3 Å². The van der Waals surface area contributed by atoms with Gasteiger partial charge in [0, 0.05) is 43.9 Å². The molecule has 0 fully saturated rings. The lowest BCUT2D eigenvalue weighted by Crippen LogP contribution is -2.40. The van der Waals surface area contributed by atoms with Gasteiger partial charge in [0.1, 0.15) is 5.82 Å². The average molecular weight is 503 g/mol. The average Bonchev–Trinajstić information content (AvgIpc) is 3.46. The number of benzene rings is 1. The molecule has 2 amide bonds. The van der Waals surface area contributed by atoms with Gasteiger partial charge in [0.05, 0.1) is 22.9 Å². The number of para-hydroxylation sites is 1. The van der Waals surface area contributed by atoms with Crippen LogP contribution >= 0.6 is 0 Å². The number of hydrogen-bond acceptors (Lipinski definition) is 4. The number of aromatic nitrogens is 4. The van der Waals surface area contributed by atoms with Crippen LogP contribution in [-0.2, 0) is 29.4 Å². The van der Waals surface area contributed by atoms with Gasteiger partial charge >= 0.3 is 6.18 Å². The van der Waals surface area contributed by atoms with Crippen LogP contribution in [0.15, 0.2) is 42.7 Å². The molecule has 0 saturated carbocycles. The Labute approximate surface area is 206 Å². The first-order chi connectivity index (χ1) is 16.9. The number of rotatable bonds is 6. The Hall–Kier alpha value is -3.63. The third-order valence-corrected chi connectivity index (χ3v) is 6.09. The van der Waals surface area contributed by atoms with Gasteiger partial charge in [-0.15, -0.1) is 0 Å². The van der Waals surface area contributed by atoms with E-state index >= 15 is 0 Å². The van der Waals surface area contributed by atoms with Crippen molar-refractivity contribution < 1.29 is 22.8 Å². The van der Waals surface area contributed by atoms with Gasteiger partial charge in [0.25, 0.3) is 5.91 Å². The van der Waals surface area contributed by atoms with Gasteiger partial charge in [-0.05, 0) is 18.6 Å². The van der Waals surface area contributed by atoms with Crippen molar-refractivity contribution in [1.29, 1.82) is 0 Å². The van der Waals surface area contributed by atoms with Gasteiger partial charge in [-0.25, -0.2) is 9.67 Å². The summed E-state index contributed by atoms with van der Waals surface area (Å²) < 4.78 is 43.5. The third kappa shape index (κ3) is 5.60. The summed E-state index contributed by atoms with van der Waals surface area (Å²) >= 11 is 0. The summed E-state index contributed by atoms with van der Waals surface area (Å²) in [4.78, 5) is 29.9. The van der Waals surface area contributed by atoms with Crippen LogP contribution < -0.4 is 10.6 Å². The minimum absolute atomic E-state index is 0.0182. The Morgan fingerprint density at radius 3 is 2.42 bits per heavy atom. The maximum absolute atomic E-state index is 13.5. The second-order valence-electron chi connectivity index (χ2n) is 9.90. The molecule has 0 spiro atoms. The molecule has 8 nitrogen and oxygen atoms in total. The Kier molecular flexibility index (Phi) is 6.92. The fourth-order valence-corrected chi connectivity index (χ4v) is 4.08. The van der Waals surface area contributed by atoms with Crippen molar-refractivity contribution in [2.75, 3.05) is 13.1 Å². The van der Waals surface area contributed by atoms with Crippen molar-refractivity contribution in [3.05, 3.63) is 65.5 Å². The second-order valence-corrected chi connectivity index (χ2v) is 9.90. The number of amides is 2. The number of nitrogens with one attached hydrogen (secondary N) is 2. The fourth-order valence-electron chi connectivity index (χ4n) is 4.08. The van der Waals surface area contributed by atoms with Crippen molar-refractivity contribution in [1.82, 2.24) is 30.0 Å². The molecular formula is C25H29F3N6O2. The molecule has 1 atom stereocenters. The van der Waals surface area contributed by atoms with Crippen molar-refractivity contribution in [3.63, 3.8) is 0 Å². The van der Waals surface area contributed by atoms with Crippen LogP contribution in [-0.4, -0.2) is 44.2 Å². The maximum atomic E-state index is 13.5. The molecule has 11 heteroatoms. The molecule has 0 bridgehead atoms. The Bertz CT molecular complexity index is 1240. The van der Waals surface area contributed by atoms with Crippen LogP contribution in [0.3, 0.4) is 0 Å². The van der Waals surface area contributed by atoms with Crippen molar-refractivity contribution in [3.8, 4) is 5.69 Å². The van der Waals surface area contributed by atoms with E-state index in [4.69, 9.17) is 0 Å².